The van der Waals surface area contributed by atoms with Crippen LogP contribution in [0.1, 0.15) is 176 Å². The van der Waals surface area contributed by atoms with E-state index in [1.165, 1.54) is 122 Å². The van der Waals surface area contributed by atoms with Crippen LogP contribution in [0.3, 0.4) is 0 Å². The standard InChI is InChI=1S/C18H34O2.4C4H11N/c1-2-3-4-5-6-7-8-9-10-11-12-13-14-15-16-17-18(19)20;4*1-2-3-4-5/h9-10H,2-8,11-17H2,1H3,(H,19,20);4*2-5H2,1H3/b10-9-;;;;. The first-order valence-electron chi connectivity index (χ1n) is 17.1. The molecular weight excluding hydrogens is 496 g/mol. The second-order valence-corrected chi connectivity index (χ2v) is 10.3. The largest absolute Gasteiger partial charge is 0.481 e. The lowest BCUT2D eigenvalue weighted by molar-refractivity contribution is -0.137. The van der Waals surface area contributed by atoms with Gasteiger partial charge in [-0.2, -0.15) is 0 Å². The van der Waals surface area contributed by atoms with E-state index in [0.717, 1.165) is 39.0 Å². The zero-order chi connectivity index (χ0) is 31.4. The Bertz CT molecular complexity index is 375. The summed E-state index contributed by atoms with van der Waals surface area (Å²) in [5, 5.41) is 8.51. The van der Waals surface area contributed by atoms with Crippen LogP contribution in [-0.2, 0) is 4.79 Å². The van der Waals surface area contributed by atoms with Crippen molar-refractivity contribution in [1.82, 2.24) is 0 Å². The summed E-state index contributed by atoms with van der Waals surface area (Å²) >= 11 is 0. The van der Waals surface area contributed by atoms with Gasteiger partial charge in [-0.1, -0.05) is 124 Å². The van der Waals surface area contributed by atoms with Gasteiger partial charge in [0, 0.05) is 6.42 Å². The molecule has 0 aliphatic heterocycles. The Morgan fingerprint density at radius 3 is 0.975 bits per heavy atom. The number of nitrogens with two attached hydrogens (primary N) is 4. The van der Waals surface area contributed by atoms with Gasteiger partial charge in [0.15, 0.2) is 0 Å². The van der Waals surface area contributed by atoms with Gasteiger partial charge in [0.05, 0.1) is 0 Å². The number of unbranched alkanes of at least 4 members (excludes halogenated alkanes) is 15. The number of carboxylic acids is 1. The molecule has 0 spiro atoms. The molecule has 0 amide bonds. The monoisotopic (exact) mass is 575 g/mol. The van der Waals surface area contributed by atoms with Gasteiger partial charge in [-0.05, 0) is 84.0 Å². The second kappa shape index (κ2) is 57.8. The highest BCUT2D eigenvalue weighted by molar-refractivity contribution is 5.66. The zero-order valence-corrected chi connectivity index (χ0v) is 28.2. The molecule has 0 saturated heterocycles. The molecule has 0 aliphatic carbocycles. The Kier molecular flexibility index (Phi) is 70.5. The van der Waals surface area contributed by atoms with E-state index in [4.69, 9.17) is 28.0 Å². The van der Waals surface area contributed by atoms with Gasteiger partial charge in [-0.3, -0.25) is 4.79 Å². The third kappa shape index (κ3) is 83.2. The molecule has 0 aromatic heterocycles. The number of hydrogen-bond donors (Lipinski definition) is 5. The molecule has 6 nitrogen and oxygen atoms in total. The summed E-state index contributed by atoms with van der Waals surface area (Å²) in [6, 6.07) is 0. The third-order valence-corrected chi connectivity index (χ3v) is 5.88. The van der Waals surface area contributed by atoms with Gasteiger partial charge < -0.3 is 28.0 Å². The fraction of sp³-hybridized carbons (Fsp3) is 0.912. The van der Waals surface area contributed by atoms with E-state index in [0.29, 0.717) is 6.42 Å². The van der Waals surface area contributed by atoms with E-state index < -0.39 is 5.97 Å². The molecule has 0 bridgehead atoms. The lowest BCUT2D eigenvalue weighted by atomic mass is 10.1. The molecule has 0 saturated carbocycles. The molecule has 9 N–H and O–H groups in total. The fourth-order valence-corrected chi connectivity index (χ4v) is 3.16. The molecule has 0 radical (unpaired) electrons. The number of rotatable bonds is 23. The predicted octanol–water partition coefficient (Wildman–Crippen LogP) is 9.09. The average Bonchev–Trinajstić information content (AvgIpc) is 2.94. The first kappa shape index (κ1) is 48.8. The van der Waals surface area contributed by atoms with E-state index in [2.05, 4.69) is 46.8 Å². The molecular formula is C34H78N4O2. The van der Waals surface area contributed by atoms with Crippen molar-refractivity contribution in [2.24, 2.45) is 22.9 Å². The Morgan fingerprint density at radius 1 is 0.450 bits per heavy atom. The van der Waals surface area contributed by atoms with Gasteiger partial charge in [-0.25, -0.2) is 0 Å². The van der Waals surface area contributed by atoms with Gasteiger partial charge >= 0.3 is 5.97 Å². The van der Waals surface area contributed by atoms with Crippen molar-refractivity contribution in [3.05, 3.63) is 12.2 Å². The summed E-state index contributed by atoms with van der Waals surface area (Å²) in [4.78, 5) is 10.3. The number of carbonyl (C=O) groups is 1. The lowest BCUT2D eigenvalue weighted by Crippen LogP contribution is -1.95. The number of carboxylic acid groups (broad SMARTS) is 1. The van der Waals surface area contributed by atoms with Gasteiger partial charge in [0.25, 0.3) is 0 Å². The maximum atomic E-state index is 10.3. The Balaban J connectivity index is -0.000000164. The molecule has 40 heavy (non-hydrogen) atoms. The van der Waals surface area contributed by atoms with Crippen molar-refractivity contribution in [3.63, 3.8) is 0 Å². The lowest BCUT2D eigenvalue weighted by Gasteiger charge is -1.99. The first-order chi connectivity index (χ1) is 19.4. The minimum Gasteiger partial charge on any atom is -0.481 e. The Labute approximate surface area is 252 Å². The minimum atomic E-state index is -0.664. The first-order valence-corrected chi connectivity index (χ1v) is 17.1. The summed E-state index contributed by atoms with van der Waals surface area (Å²) < 4.78 is 0. The van der Waals surface area contributed by atoms with Gasteiger partial charge in [0.2, 0.25) is 0 Å². The molecule has 0 unspecified atom stereocenters. The summed E-state index contributed by atoms with van der Waals surface area (Å²) in [6.45, 7) is 14.2. The van der Waals surface area contributed by atoms with Crippen LogP contribution in [0.2, 0.25) is 0 Å². The molecule has 0 aromatic rings. The maximum Gasteiger partial charge on any atom is 0.303 e. The smallest absolute Gasteiger partial charge is 0.303 e. The minimum absolute atomic E-state index is 0.332. The van der Waals surface area contributed by atoms with Crippen LogP contribution >= 0.6 is 0 Å². The summed E-state index contributed by atoms with van der Waals surface area (Å²) in [7, 11) is 0. The van der Waals surface area contributed by atoms with Crippen molar-refractivity contribution < 1.29 is 9.90 Å². The summed E-state index contributed by atoms with van der Waals surface area (Å²) in [6.07, 6.45) is 30.8. The van der Waals surface area contributed by atoms with Crippen LogP contribution in [0.5, 0.6) is 0 Å². The van der Waals surface area contributed by atoms with E-state index >= 15 is 0 Å². The summed E-state index contributed by atoms with van der Waals surface area (Å²) in [5.41, 5.74) is 20.6. The van der Waals surface area contributed by atoms with Crippen LogP contribution in [-0.4, -0.2) is 37.3 Å². The van der Waals surface area contributed by atoms with Gasteiger partial charge in [-0.15, -0.1) is 0 Å². The third-order valence-electron chi connectivity index (χ3n) is 5.88. The maximum absolute atomic E-state index is 10.3. The summed E-state index contributed by atoms with van der Waals surface area (Å²) in [5.74, 6) is -0.664. The topological polar surface area (TPSA) is 141 Å². The van der Waals surface area contributed by atoms with Crippen molar-refractivity contribution in [2.75, 3.05) is 26.2 Å². The molecule has 0 rings (SSSR count). The van der Waals surface area contributed by atoms with Crippen LogP contribution in [0.25, 0.3) is 0 Å². The molecule has 0 atom stereocenters. The predicted molar refractivity (Wildman–Crippen MR) is 183 cm³/mol. The van der Waals surface area contributed by atoms with Crippen molar-refractivity contribution in [1.29, 1.82) is 0 Å². The highest BCUT2D eigenvalue weighted by Crippen LogP contribution is 2.09. The van der Waals surface area contributed by atoms with E-state index in [1.807, 2.05) is 0 Å². The van der Waals surface area contributed by atoms with Crippen molar-refractivity contribution in [3.8, 4) is 0 Å². The van der Waals surface area contributed by atoms with Crippen LogP contribution in [0.4, 0.5) is 0 Å². The van der Waals surface area contributed by atoms with Crippen molar-refractivity contribution >= 4 is 5.97 Å². The number of hydrogen-bond acceptors (Lipinski definition) is 5. The van der Waals surface area contributed by atoms with Crippen molar-refractivity contribution in [2.45, 2.75) is 176 Å². The Morgan fingerprint density at radius 2 is 0.725 bits per heavy atom. The molecule has 0 heterocycles. The zero-order valence-electron chi connectivity index (χ0n) is 28.2. The van der Waals surface area contributed by atoms with E-state index in [-0.39, 0.29) is 0 Å². The highest BCUT2D eigenvalue weighted by atomic mass is 16.4. The SMILES string of the molecule is CCCCCCCC/C=C\CCCCCCCC(=O)O.CCCCN.CCCCN.CCCCN.CCCCN. The highest BCUT2D eigenvalue weighted by Gasteiger charge is 1.95. The van der Waals surface area contributed by atoms with E-state index in [9.17, 15) is 4.79 Å². The van der Waals surface area contributed by atoms with Crippen LogP contribution in [0.15, 0.2) is 12.2 Å². The van der Waals surface area contributed by atoms with Crippen LogP contribution in [0, 0.1) is 0 Å². The van der Waals surface area contributed by atoms with E-state index in [1.54, 1.807) is 0 Å². The second-order valence-electron chi connectivity index (χ2n) is 10.3. The van der Waals surface area contributed by atoms with Crippen LogP contribution < -0.4 is 22.9 Å². The molecule has 246 valence electrons. The molecule has 0 fully saturated rings. The normalized spacial score (nSPS) is 9.82. The molecule has 0 aromatic carbocycles. The Hall–Kier alpha value is -0.950. The number of aliphatic carboxylic acids is 1. The average molecular weight is 575 g/mol. The van der Waals surface area contributed by atoms with Gasteiger partial charge in [0.1, 0.15) is 0 Å². The molecule has 6 heteroatoms. The fourth-order valence-electron chi connectivity index (χ4n) is 3.16. The number of allylic oxidation sites excluding steroid dienone is 2. The molecule has 0 aliphatic rings. The quantitative estimate of drug-likeness (QED) is 0.0608.